The second kappa shape index (κ2) is 6.16. The minimum absolute atomic E-state index is 0.309. The Bertz CT molecular complexity index is 388. The third-order valence-corrected chi connectivity index (χ3v) is 6.46. The van der Waals surface area contributed by atoms with Crippen molar-refractivity contribution in [2.24, 2.45) is 5.92 Å². The number of aliphatic hydroxyl groups is 1. The molecule has 104 valence electrons. The van der Waals surface area contributed by atoms with Gasteiger partial charge in [-0.1, -0.05) is 0 Å². The van der Waals surface area contributed by atoms with E-state index >= 15 is 0 Å². The number of phosphoric acid groups is 1. The monoisotopic (exact) mass is 366 g/mol. The van der Waals surface area contributed by atoms with Crippen molar-refractivity contribution >= 4 is 37.0 Å². The van der Waals surface area contributed by atoms with Crippen molar-refractivity contribution in [1.29, 1.82) is 0 Å². The first-order valence-corrected chi connectivity index (χ1v) is 10.2. The van der Waals surface area contributed by atoms with Crippen LogP contribution in [0.1, 0.15) is 6.92 Å². The molecule has 1 rings (SSSR count). The molecule has 5 atom stereocenters. The van der Waals surface area contributed by atoms with Crippen LogP contribution in [0.4, 0.5) is 0 Å². The van der Waals surface area contributed by atoms with Crippen LogP contribution in [0.5, 0.6) is 0 Å². The Morgan fingerprint density at radius 3 is 2.39 bits per heavy atom. The predicted octanol–water partition coefficient (Wildman–Crippen LogP) is -1.16. The summed E-state index contributed by atoms with van der Waals surface area (Å²) in [5, 5.41) is 9.70. The zero-order valence-electron chi connectivity index (χ0n) is 9.32. The number of aliphatic hydroxyl groups excluding tert-OH is 1. The van der Waals surface area contributed by atoms with Crippen LogP contribution < -0.4 is 0 Å². The first-order valence-electron chi connectivity index (χ1n) is 4.85. The molecule has 4 N–H and O–H groups in total. The second-order valence-electron chi connectivity index (χ2n) is 3.83. The molecule has 0 saturated carbocycles. The fraction of sp³-hybridized carbons (Fsp3) is 1.00. The third-order valence-electron chi connectivity index (χ3n) is 2.38. The fourth-order valence-corrected chi connectivity index (χ4v) is 5.02. The van der Waals surface area contributed by atoms with Gasteiger partial charge in [0.05, 0.1) is 0 Å². The van der Waals surface area contributed by atoms with Gasteiger partial charge in [-0.15, -0.1) is 0 Å². The van der Waals surface area contributed by atoms with Crippen molar-refractivity contribution in [2.45, 2.75) is 25.1 Å². The van der Waals surface area contributed by atoms with E-state index in [-0.39, 0.29) is 12.5 Å². The summed E-state index contributed by atoms with van der Waals surface area (Å²) in [6.07, 6.45) is -5.49. The first kappa shape index (κ1) is 17.0. The van der Waals surface area contributed by atoms with Crippen molar-refractivity contribution in [3.05, 3.63) is 0 Å². The molecule has 0 aromatic carbocycles. The molecular weight excluding hydrogens is 352 g/mol. The number of hydrogen-bond acceptors (Lipinski definition) is 6. The van der Waals surface area contributed by atoms with Crippen LogP contribution in [0, 0.1) is 5.92 Å². The van der Waals surface area contributed by atoms with Crippen LogP contribution in [0.25, 0.3) is 0 Å². The summed E-state index contributed by atoms with van der Waals surface area (Å²) in [4.78, 5) is 26.6. The molecule has 0 aromatic heterocycles. The Morgan fingerprint density at radius 2 is 2.00 bits per heavy atom. The molecule has 1 fully saturated rings. The van der Waals surface area contributed by atoms with Crippen molar-refractivity contribution in [2.75, 3.05) is 6.61 Å². The molecule has 18 heavy (non-hydrogen) atoms. The van der Waals surface area contributed by atoms with E-state index in [1.807, 2.05) is 15.1 Å². The summed E-state index contributed by atoms with van der Waals surface area (Å²) in [5.41, 5.74) is 0. The van der Waals surface area contributed by atoms with Gasteiger partial charge in [0.25, 0.3) is 0 Å². The van der Waals surface area contributed by atoms with E-state index in [0.717, 1.165) is 0 Å². The van der Waals surface area contributed by atoms with Crippen molar-refractivity contribution < 1.29 is 37.9 Å². The summed E-state index contributed by atoms with van der Waals surface area (Å²) < 4.78 is 24.6. The van der Waals surface area contributed by atoms with E-state index in [9.17, 15) is 14.6 Å². The van der Waals surface area contributed by atoms with Gasteiger partial charge in [0, 0.05) is 0 Å². The zero-order chi connectivity index (χ0) is 14.1. The van der Waals surface area contributed by atoms with Crippen LogP contribution in [-0.2, 0) is 18.1 Å². The van der Waals surface area contributed by atoms with Gasteiger partial charge in [-0.3, -0.25) is 0 Å². The maximum atomic E-state index is 10.6. The van der Waals surface area contributed by atoms with Gasteiger partial charge in [0.2, 0.25) is 0 Å². The van der Waals surface area contributed by atoms with Gasteiger partial charge >= 0.3 is 113 Å². The molecule has 1 aliphatic heterocycles. The van der Waals surface area contributed by atoms with Gasteiger partial charge in [-0.05, 0) is 0 Å². The maximum absolute atomic E-state index is 10.6. The molecule has 2 unspecified atom stereocenters. The fourth-order valence-electron chi connectivity index (χ4n) is 1.40. The molecular formula is C6H13BO8P2Se. The molecule has 0 amide bonds. The van der Waals surface area contributed by atoms with Gasteiger partial charge in [-0.25, -0.2) is 0 Å². The molecule has 2 radical (unpaired) electrons. The SMILES string of the molecule is [B][C@@H]1OC(COP(O)(=[Se])OP(=O)(O)O)[C@@H](O)[C@H]1C. The molecule has 12 heteroatoms. The standard InChI is InChI=1S/C6H13BO8P2Se/c1-3-5(8)4(14-6(3)7)2-13-17(12,18)15-16(9,10)11/h3-6,8H,2H2,1H3,(H,12,18)(H2,9,10,11)/t3-,4?,5+,6-,17?/m1/s1. The Kier molecular flexibility index (Phi) is 5.83. The number of ether oxygens (including phenoxy) is 1. The molecule has 0 aromatic rings. The van der Waals surface area contributed by atoms with Gasteiger partial charge in [0.15, 0.2) is 0 Å². The summed E-state index contributed by atoms with van der Waals surface area (Å²) in [6, 6.07) is -0.663. The quantitative estimate of drug-likeness (QED) is 0.355. The van der Waals surface area contributed by atoms with E-state index in [4.69, 9.17) is 26.9 Å². The van der Waals surface area contributed by atoms with Crippen LogP contribution >= 0.6 is 14.0 Å². The Balaban J connectivity index is 2.51. The number of rotatable bonds is 5. The van der Waals surface area contributed by atoms with Crippen LogP contribution in [0.3, 0.4) is 0 Å². The van der Waals surface area contributed by atoms with Crippen LogP contribution in [0.15, 0.2) is 0 Å². The molecule has 1 heterocycles. The number of hydrogen-bond donors (Lipinski definition) is 4. The Hall–Kier alpha value is 0.964. The van der Waals surface area contributed by atoms with E-state index in [2.05, 4.69) is 4.31 Å². The Labute approximate surface area is 113 Å². The molecule has 1 saturated heterocycles. The van der Waals surface area contributed by atoms with E-state index in [1.165, 1.54) is 0 Å². The van der Waals surface area contributed by atoms with Crippen LogP contribution in [-0.4, -0.2) is 67.5 Å². The average molecular weight is 365 g/mol. The summed E-state index contributed by atoms with van der Waals surface area (Å²) in [5.74, 6) is -0.312. The minimum atomic E-state index is -4.87. The molecule has 8 nitrogen and oxygen atoms in total. The normalized spacial score (nSPS) is 36.5. The van der Waals surface area contributed by atoms with Crippen molar-refractivity contribution in [3.63, 3.8) is 0 Å². The van der Waals surface area contributed by atoms with Crippen LogP contribution in [0.2, 0.25) is 0 Å². The van der Waals surface area contributed by atoms with Gasteiger partial charge < -0.3 is 0 Å². The van der Waals surface area contributed by atoms with Gasteiger partial charge in [-0.2, -0.15) is 0 Å². The van der Waals surface area contributed by atoms with E-state index < -0.39 is 32.2 Å². The zero-order valence-corrected chi connectivity index (χ0v) is 12.8. The molecule has 1 aliphatic rings. The third kappa shape index (κ3) is 5.15. The Morgan fingerprint density at radius 1 is 1.44 bits per heavy atom. The second-order valence-corrected chi connectivity index (χ2v) is 9.56. The van der Waals surface area contributed by atoms with Crippen molar-refractivity contribution in [3.8, 4) is 0 Å². The summed E-state index contributed by atoms with van der Waals surface area (Å²) >= 11 is 2.03. The topological polar surface area (TPSA) is 126 Å². The van der Waals surface area contributed by atoms with Gasteiger partial charge in [0.1, 0.15) is 0 Å². The first-order chi connectivity index (χ1) is 8.02. The summed E-state index contributed by atoms with van der Waals surface area (Å²) in [6.45, 7) is 1.37. The summed E-state index contributed by atoms with van der Waals surface area (Å²) in [7, 11) is 0.672. The molecule has 0 spiro atoms. The van der Waals surface area contributed by atoms with Crippen molar-refractivity contribution in [1.82, 2.24) is 0 Å². The molecule has 0 bridgehead atoms. The predicted molar refractivity (Wildman–Crippen MR) is 63.6 cm³/mol. The average Bonchev–Trinajstić information content (AvgIpc) is 2.39. The van der Waals surface area contributed by atoms with E-state index in [0.29, 0.717) is 0 Å². The van der Waals surface area contributed by atoms with E-state index in [1.54, 1.807) is 6.92 Å². The molecule has 0 aliphatic carbocycles.